The first-order valence-electron chi connectivity index (χ1n) is 9.05. The number of nitrogens with zero attached hydrogens (tertiary/aromatic N) is 2. The number of carbonyl (C=O) groups excluding carboxylic acids is 2. The fourth-order valence-electron chi connectivity index (χ4n) is 2.41. The molecular formula is C20H19N5O3S2. The van der Waals surface area contributed by atoms with Crippen LogP contribution in [0.2, 0.25) is 0 Å². The molecule has 0 saturated heterocycles. The zero-order valence-corrected chi connectivity index (χ0v) is 17.7. The lowest BCUT2D eigenvalue weighted by molar-refractivity contribution is 0.0977. The molecule has 0 aliphatic carbocycles. The summed E-state index contributed by atoms with van der Waals surface area (Å²) in [6, 6.07) is 14.3. The van der Waals surface area contributed by atoms with Gasteiger partial charge in [-0.2, -0.15) is 0 Å². The van der Waals surface area contributed by atoms with E-state index in [0.717, 1.165) is 0 Å². The van der Waals surface area contributed by atoms with Gasteiger partial charge in [0.15, 0.2) is 10.2 Å². The van der Waals surface area contributed by atoms with Gasteiger partial charge in [0.1, 0.15) is 5.69 Å². The third-order valence-electron chi connectivity index (χ3n) is 3.75. The van der Waals surface area contributed by atoms with Crippen LogP contribution in [0.4, 0.5) is 9.93 Å². The molecule has 30 heavy (non-hydrogen) atoms. The van der Waals surface area contributed by atoms with Crippen molar-refractivity contribution < 1.29 is 14.3 Å². The quantitative estimate of drug-likeness (QED) is 0.502. The van der Waals surface area contributed by atoms with E-state index in [-0.39, 0.29) is 17.6 Å². The van der Waals surface area contributed by atoms with Crippen molar-refractivity contribution in [3.8, 4) is 11.4 Å². The van der Waals surface area contributed by atoms with E-state index in [1.807, 2.05) is 23.6 Å². The van der Waals surface area contributed by atoms with Crippen LogP contribution >= 0.6 is 23.6 Å². The number of hydrogen-bond acceptors (Lipinski definition) is 7. The Morgan fingerprint density at radius 1 is 1.07 bits per heavy atom. The molecular weight excluding hydrogens is 422 g/mol. The summed E-state index contributed by atoms with van der Waals surface area (Å²) in [5.41, 5.74) is 2.49. The summed E-state index contributed by atoms with van der Waals surface area (Å²) in [4.78, 5) is 32.5. The van der Waals surface area contributed by atoms with Crippen molar-refractivity contribution >= 4 is 45.8 Å². The van der Waals surface area contributed by atoms with Gasteiger partial charge in [0.05, 0.1) is 24.5 Å². The Labute approximate surface area is 182 Å². The first-order valence-corrected chi connectivity index (χ1v) is 10.3. The lowest BCUT2D eigenvalue weighted by Gasteiger charge is -2.07. The number of aromatic nitrogens is 2. The molecule has 2 amide bonds. The molecule has 1 aromatic carbocycles. The molecule has 0 saturated carbocycles. The number of pyridine rings is 1. The minimum atomic E-state index is -0.490. The number of nitrogens with one attached hydrogen (secondary N) is 3. The van der Waals surface area contributed by atoms with E-state index in [4.69, 9.17) is 17.0 Å². The van der Waals surface area contributed by atoms with Crippen molar-refractivity contribution in [1.82, 2.24) is 20.6 Å². The second-order valence-electron chi connectivity index (χ2n) is 5.90. The zero-order valence-electron chi connectivity index (χ0n) is 16.0. The summed E-state index contributed by atoms with van der Waals surface area (Å²) in [5.74, 6) is -0.298. The fraction of sp³-hybridized carbons (Fsp3) is 0.150. The third-order valence-corrected chi connectivity index (χ3v) is 4.71. The van der Waals surface area contributed by atoms with Gasteiger partial charge in [-0.25, -0.2) is 14.8 Å². The first-order chi connectivity index (χ1) is 14.5. The predicted molar refractivity (Wildman–Crippen MR) is 119 cm³/mol. The van der Waals surface area contributed by atoms with Gasteiger partial charge >= 0.3 is 6.09 Å². The monoisotopic (exact) mass is 441 g/mol. The lowest BCUT2D eigenvalue weighted by Crippen LogP contribution is -2.34. The van der Waals surface area contributed by atoms with Gasteiger partial charge in [0.2, 0.25) is 0 Å². The van der Waals surface area contributed by atoms with Crippen molar-refractivity contribution in [2.75, 3.05) is 11.9 Å². The maximum atomic E-state index is 12.2. The summed E-state index contributed by atoms with van der Waals surface area (Å²) in [6.45, 7) is 2.30. The molecule has 2 heterocycles. The maximum Gasteiger partial charge on any atom is 0.407 e. The van der Waals surface area contributed by atoms with Crippen LogP contribution in [0.25, 0.3) is 11.4 Å². The van der Waals surface area contributed by atoms with E-state index in [2.05, 4.69) is 25.9 Å². The molecule has 0 unspecified atom stereocenters. The molecule has 0 atom stereocenters. The molecule has 0 spiro atoms. The lowest BCUT2D eigenvalue weighted by atomic mass is 10.2. The van der Waals surface area contributed by atoms with Crippen LogP contribution in [0.1, 0.15) is 23.0 Å². The van der Waals surface area contributed by atoms with Crippen molar-refractivity contribution in [3.05, 3.63) is 65.2 Å². The first kappa shape index (κ1) is 21.3. The minimum Gasteiger partial charge on any atom is -0.450 e. The van der Waals surface area contributed by atoms with Crippen molar-refractivity contribution in [3.63, 3.8) is 0 Å². The Morgan fingerprint density at radius 3 is 2.63 bits per heavy atom. The van der Waals surface area contributed by atoms with Crippen LogP contribution in [-0.2, 0) is 11.3 Å². The second-order valence-corrected chi connectivity index (χ2v) is 7.17. The molecule has 154 valence electrons. The van der Waals surface area contributed by atoms with E-state index in [1.165, 1.54) is 11.3 Å². The molecule has 8 nitrogen and oxygen atoms in total. The number of carbonyl (C=O) groups is 2. The average Bonchev–Trinajstić information content (AvgIpc) is 3.21. The van der Waals surface area contributed by atoms with Gasteiger partial charge in [0.25, 0.3) is 5.91 Å². The fourth-order valence-corrected chi connectivity index (χ4v) is 3.37. The van der Waals surface area contributed by atoms with Gasteiger partial charge in [-0.15, -0.1) is 11.3 Å². The summed E-state index contributed by atoms with van der Waals surface area (Å²) in [5, 5.41) is 10.7. The normalized spacial score (nSPS) is 10.2. The van der Waals surface area contributed by atoms with Crippen LogP contribution in [0.5, 0.6) is 0 Å². The molecule has 0 bridgehead atoms. The van der Waals surface area contributed by atoms with E-state index < -0.39 is 6.09 Å². The van der Waals surface area contributed by atoms with E-state index in [1.54, 1.807) is 37.3 Å². The van der Waals surface area contributed by atoms with Gasteiger partial charge in [-0.3, -0.25) is 10.1 Å². The number of benzene rings is 1. The van der Waals surface area contributed by atoms with Crippen molar-refractivity contribution in [2.24, 2.45) is 0 Å². The number of anilines is 1. The highest BCUT2D eigenvalue weighted by molar-refractivity contribution is 7.80. The van der Waals surface area contributed by atoms with Gasteiger partial charge in [-0.05, 0) is 43.4 Å². The van der Waals surface area contributed by atoms with Crippen molar-refractivity contribution in [2.45, 2.75) is 13.5 Å². The topological polar surface area (TPSA) is 105 Å². The number of alkyl carbamates (subject to hydrolysis) is 1. The molecule has 10 heteroatoms. The number of rotatable bonds is 6. The number of thiocarbonyl (C=S) groups is 1. The van der Waals surface area contributed by atoms with Gasteiger partial charge in [-0.1, -0.05) is 24.3 Å². The average molecular weight is 442 g/mol. The maximum absolute atomic E-state index is 12.2. The molecule has 2 aromatic heterocycles. The molecule has 0 aliphatic heterocycles. The van der Waals surface area contributed by atoms with E-state index in [0.29, 0.717) is 34.4 Å². The summed E-state index contributed by atoms with van der Waals surface area (Å²) in [6.07, 6.45) is -0.490. The number of hydrogen-bond donors (Lipinski definition) is 3. The summed E-state index contributed by atoms with van der Waals surface area (Å²) < 4.78 is 4.84. The third kappa shape index (κ3) is 6.06. The smallest absolute Gasteiger partial charge is 0.407 e. The minimum absolute atomic E-state index is 0.157. The molecule has 0 aliphatic rings. The van der Waals surface area contributed by atoms with E-state index in [9.17, 15) is 9.59 Å². The molecule has 3 rings (SSSR count). The molecule has 0 fully saturated rings. The Bertz CT molecular complexity index is 1040. The van der Waals surface area contributed by atoms with Crippen LogP contribution in [0, 0.1) is 0 Å². The Balaban J connectivity index is 1.59. The zero-order chi connectivity index (χ0) is 21.3. The van der Waals surface area contributed by atoms with E-state index >= 15 is 0 Å². The standard InChI is InChI=1S/C20H19N5O3S2/c1-2-28-20(27)21-11-14-9-6-10-15(22-14)16-12-30-19(23-16)25-18(29)24-17(26)13-7-4-3-5-8-13/h3-10,12H,2,11H2,1H3,(H,21,27)(H2,23,24,25,26,29). The number of thiazole rings is 1. The molecule has 0 radical (unpaired) electrons. The van der Waals surface area contributed by atoms with Crippen LogP contribution in [0.15, 0.2) is 53.9 Å². The van der Waals surface area contributed by atoms with Crippen LogP contribution < -0.4 is 16.0 Å². The number of amides is 2. The van der Waals surface area contributed by atoms with Crippen molar-refractivity contribution in [1.29, 1.82) is 0 Å². The Kier molecular flexibility index (Phi) is 7.41. The SMILES string of the molecule is CCOC(=O)NCc1cccc(-c2csc(NC(=S)NC(=O)c3ccccc3)n2)n1. The summed E-state index contributed by atoms with van der Waals surface area (Å²) in [7, 11) is 0. The van der Waals surface area contributed by atoms with Gasteiger partial charge < -0.3 is 15.4 Å². The van der Waals surface area contributed by atoms with Crippen LogP contribution in [0.3, 0.4) is 0 Å². The largest absolute Gasteiger partial charge is 0.450 e. The highest BCUT2D eigenvalue weighted by atomic mass is 32.1. The van der Waals surface area contributed by atoms with Crippen LogP contribution in [-0.4, -0.2) is 33.7 Å². The second kappa shape index (κ2) is 10.4. The highest BCUT2D eigenvalue weighted by Gasteiger charge is 2.11. The Hall–Kier alpha value is -3.37. The molecule has 3 N–H and O–H groups in total. The summed E-state index contributed by atoms with van der Waals surface area (Å²) >= 11 is 6.53. The molecule has 3 aromatic rings. The number of ether oxygens (including phenoxy) is 1. The predicted octanol–water partition coefficient (Wildman–Crippen LogP) is 3.58. The highest BCUT2D eigenvalue weighted by Crippen LogP contribution is 2.23. The van der Waals surface area contributed by atoms with Gasteiger partial charge in [0, 0.05) is 10.9 Å². The Morgan fingerprint density at radius 2 is 1.87 bits per heavy atom.